The van der Waals surface area contributed by atoms with Crippen molar-refractivity contribution in [1.82, 2.24) is 70.2 Å². The Hall–Kier alpha value is -9.16. The standard InChI is InChI=1S/C61H56Cl4F6N14O14/c1-26-74-60(84(78-26)44-18-34(62)8-10-36(44)64)58-56(52(54(96-30(5)88)46(98-58)22-92-28(3)86)82-20-42(76-80-82)32-14-38(66)50(70)39(67)15-32)94-24-48(90)72-12-7-13-73-49(91)25-95-57-53(83-21-43(77-81-83)33-16-40(68)51(71)41(69)17-33)55(97-31(6)89)47(23-93-29(4)87)99-59(57)61-75-27(2)79-85(61)45-19-35(63)9-11-37(45)65/h8-11,14-21,46-47,52-59H,7,12-13,22-25H2,1-6H3,(H,72,90)(H,73,91)/t46-,47+,52+,53-,54+,55-,56-,57+,58-,59+. The van der Waals surface area contributed by atoms with Crippen molar-refractivity contribution in [3.8, 4) is 33.9 Å². The fourth-order valence-corrected chi connectivity index (χ4v) is 11.7. The second-order valence-corrected chi connectivity index (χ2v) is 23.9. The maximum Gasteiger partial charge on any atom is 0.303 e. The number of halogens is 10. The zero-order valence-corrected chi connectivity index (χ0v) is 55.5. The van der Waals surface area contributed by atoms with Crippen LogP contribution in [0.5, 0.6) is 0 Å². The molecule has 0 aliphatic carbocycles. The Labute approximate surface area is 576 Å². The van der Waals surface area contributed by atoms with Crippen molar-refractivity contribution in [3.05, 3.63) is 151 Å². The van der Waals surface area contributed by atoms with Crippen molar-refractivity contribution in [2.45, 2.75) is 109 Å². The van der Waals surface area contributed by atoms with E-state index in [2.05, 4.69) is 51.4 Å². The predicted octanol–water partition coefficient (Wildman–Crippen LogP) is 7.88. The Balaban J connectivity index is 0.908. The van der Waals surface area contributed by atoms with Crippen LogP contribution in [0.25, 0.3) is 33.9 Å². The quantitative estimate of drug-likeness (QED) is 0.0191. The number of amides is 2. The first kappa shape index (κ1) is 72.6. The van der Waals surface area contributed by atoms with Crippen molar-refractivity contribution in [2.75, 3.05) is 39.5 Å². The summed E-state index contributed by atoms with van der Waals surface area (Å²) >= 11 is 26.3. The van der Waals surface area contributed by atoms with Crippen LogP contribution in [-0.4, -0.2) is 171 Å². The number of carbonyl (C=O) groups excluding carboxylic acids is 6. The van der Waals surface area contributed by atoms with E-state index in [1.807, 2.05) is 0 Å². The third kappa shape index (κ3) is 16.9. The van der Waals surface area contributed by atoms with Crippen molar-refractivity contribution < 1.29 is 93.0 Å². The highest BCUT2D eigenvalue weighted by Crippen LogP contribution is 2.45. The minimum Gasteiger partial charge on any atom is -0.463 e. The zero-order valence-electron chi connectivity index (χ0n) is 52.5. The van der Waals surface area contributed by atoms with Crippen LogP contribution in [0.1, 0.15) is 81.7 Å². The van der Waals surface area contributed by atoms with Gasteiger partial charge in [-0.2, -0.15) is 10.2 Å². The van der Waals surface area contributed by atoms with Gasteiger partial charge in [0.1, 0.15) is 98.2 Å². The molecule has 6 heterocycles. The van der Waals surface area contributed by atoms with Crippen LogP contribution in [0, 0.1) is 48.8 Å². The largest absolute Gasteiger partial charge is 0.463 e. The number of rotatable bonds is 24. The third-order valence-corrected chi connectivity index (χ3v) is 16.2. The van der Waals surface area contributed by atoms with Crippen LogP contribution < -0.4 is 10.6 Å². The lowest BCUT2D eigenvalue weighted by atomic mass is 9.91. The Kier molecular flexibility index (Phi) is 23.0. The topological polar surface area (TPSA) is 323 Å². The van der Waals surface area contributed by atoms with E-state index in [9.17, 15) is 55.1 Å². The van der Waals surface area contributed by atoms with Crippen molar-refractivity contribution in [3.63, 3.8) is 0 Å². The Morgan fingerprint density at radius 3 is 1.25 bits per heavy atom. The summed E-state index contributed by atoms with van der Waals surface area (Å²) in [4.78, 5) is 88.0. The molecule has 2 fully saturated rings. The second kappa shape index (κ2) is 31.4. The number of ether oxygens (including phenoxy) is 8. The summed E-state index contributed by atoms with van der Waals surface area (Å²) < 4.78 is 140. The fourth-order valence-electron chi connectivity index (χ4n) is 11.0. The van der Waals surface area contributed by atoms with Gasteiger partial charge in [0.25, 0.3) is 0 Å². The molecule has 0 radical (unpaired) electrons. The van der Waals surface area contributed by atoms with Gasteiger partial charge >= 0.3 is 23.9 Å². The number of benzene rings is 4. The Bertz CT molecular complexity index is 4060. The molecule has 4 aromatic heterocycles. The first-order chi connectivity index (χ1) is 47.1. The summed E-state index contributed by atoms with van der Waals surface area (Å²) in [7, 11) is 0. The molecule has 28 nitrogen and oxygen atoms in total. The van der Waals surface area contributed by atoms with Gasteiger partial charge < -0.3 is 48.5 Å². The van der Waals surface area contributed by atoms with Crippen molar-refractivity contribution in [1.29, 1.82) is 0 Å². The van der Waals surface area contributed by atoms with E-state index in [4.69, 9.17) is 84.3 Å². The fraction of sp³-hybridized carbons (Fsp3) is 0.377. The van der Waals surface area contributed by atoms with Gasteiger partial charge in [0, 0.05) is 62.0 Å². The number of hydrogen-bond donors (Lipinski definition) is 2. The van der Waals surface area contributed by atoms with Crippen molar-refractivity contribution in [2.24, 2.45) is 0 Å². The molecule has 0 bridgehead atoms. The molecule has 4 aromatic carbocycles. The third-order valence-electron chi connectivity index (χ3n) is 15.1. The number of esters is 4. The summed E-state index contributed by atoms with van der Waals surface area (Å²) in [6.45, 7) is 4.36. The van der Waals surface area contributed by atoms with E-state index in [0.717, 1.165) is 37.1 Å². The van der Waals surface area contributed by atoms with E-state index in [-0.39, 0.29) is 96.8 Å². The molecule has 38 heteroatoms. The highest BCUT2D eigenvalue weighted by molar-refractivity contribution is 6.35. The summed E-state index contributed by atoms with van der Waals surface area (Å²) in [5.41, 5.74) is -0.601. The van der Waals surface area contributed by atoms with Gasteiger partial charge in [-0.25, -0.2) is 55.0 Å². The van der Waals surface area contributed by atoms with E-state index >= 15 is 0 Å². The molecular formula is C61H56Cl4F6N14O14. The molecule has 8 aromatic rings. The molecule has 2 N–H and O–H groups in total. The normalized spacial score (nSPS) is 20.6. The molecule has 2 saturated heterocycles. The van der Waals surface area contributed by atoms with Gasteiger partial charge in [-0.15, -0.1) is 10.2 Å². The predicted molar refractivity (Wildman–Crippen MR) is 331 cm³/mol. The molecule has 99 heavy (non-hydrogen) atoms. The van der Waals surface area contributed by atoms with Gasteiger partial charge in [-0.1, -0.05) is 56.8 Å². The molecule has 2 amide bonds. The van der Waals surface area contributed by atoms with Gasteiger partial charge in [-0.3, -0.25) is 28.8 Å². The van der Waals surface area contributed by atoms with Crippen molar-refractivity contribution >= 4 is 82.1 Å². The minimum atomic E-state index is -1.75. The second-order valence-electron chi connectivity index (χ2n) is 22.3. The van der Waals surface area contributed by atoms with Gasteiger partial charge in [0.15, 0.2) is 58.8 Å². The summed E-state index contributed by atoms with van der Waals surface area (Å²) in [6, 6.07) is 8.67. The van der Waals surface area contributed by atoms with Crippen LogP contribution in [0.3, 0.4) is 0 Å². The molecular weight excluding hydrogens is 1410 g/mol. The summed E-state index contributed by atoms with van der Waals surface area (Å²) in [5, 5.41) is 31.7. The van der Waals surface area contributed by atoms with E-state index in [1.54, 1.807) is 0 Å². The molecule has 0 unspecified atom stereocenters. The first-order valence-electron chi connectivity index (χ1n) is 29.7. The van der Waals surface area contributed by atoms with Gasteiger partial charge in [-0.05, 0) is 80.9 Å². The van der Waals surface area contributed by atoms with Crippen LogP contribution in [0.15, 0.2) is 73.1 Å². The van der Waals surface area contributed by atoms with Gasteiger partial charge in [0.2, 0.25) is 11.8 Å². The molecule has 0 saturated carbocycles. The molecule has 10 rings (SSSR count). The molecule has 2 aliphatic rings. The van der Waals surface area contributed by atoms with Gasteiger partial charge in [0.05, 0.1) is 33.8 Å². The maximum atomic E-state index is 14.6. The van der Waals surface area contributed by atoms with Crippen LogP contribution >= 0.6 is 46.4 Å². The zero-order chi connectivity index (χ0) is 71.3. The Morgan fingerprint density at radius 2 is 0.899 bits per heavy atom. The molecule has 0 spiro atoms. The number of hydrogen-bond acceptors (Lipinski definition) is 22. The Morgan fingerprint density at radius 1 is 0.525 bits per heavy atom. The van der Waals surface area contributed by atoms with E-state index in [0.29, 0.717) is 24.3 Å². The molecule has 2 aliphatic heterocycles. The maximum absolute atomic E-state index is 14.6. The number of carbonyl (C=O) groups is 6. The number of nitrogens with one attached hydrogen (secondary N) is 2. The highest BCUT2D eigenvalue weighted by Gasteiger charge is 2.55. The van der Waals surface area contributed by atoms with Crippen LogP contribution in [-0.2, 0) is 66.7 Å². The first-order valence-corrected chi connectivity index (χ1v) is 31.2. The smallest absolute Gasteiger partial charge is 0.303 e. The lowest BCUT2D eigenvalue weighted by Gasteiger charge is -2.45. The highest BCUT2D eigenvalue weighted by atomic mass is 35.5. The van der Waals surface area contributed by atoms with E-state index < -0.39 is 158 Å². The average Bonchev–Trinajstić information content (AvgIpc) is 1.73. The average molecular weight is 1470 g/mol. The SMILES string of the molecule is CC(=O)OC[C@@H]1O[C@H](c2nc(C)nn2-c2cc(Cl)ccc2Cl)[C@@H](OCC(=O)NCCCNC(=O)CO[C@@H]2[C@@H](n3cc(-c4cc(F)c(F)c(F)c4)nn3)[C@@H](OC(C)=O)[C@@H](COC(C)=O)O[C@H]2c2nc(C)nn2-c2cc(Cl)ccc2Cl)[C@H](n2cc(-c3cc(F)c(F)c(F)c3)nn2)[C@@H]1OC(C)=O. The summed E-state index contributed by atoms with van der Waals surface area (Å²) in [5.74, 6) is -14.4. The minimum absolute atomic E-state index is 0.0376. The number of nitrogens with zero attached hydrogens (tertiary/aromatic N) is 12. The monoisotopic (exact) mass is 1460 g/mol. The molecule has 10 atom stereocenters. The number of aryl methyl sites for hydroxylation is 2. The lowest BCUT2D eigenvalue weighted by Crippen LogP contribution is -2.56. The van der Waals surface area contributed by atoms with E-state index in [1.165, 1.54) is 72.0 Å². The van der Waals surface area contributed by atoms with Crippen LogP contribution in [0.4, 0.5) is 26.3 Å². The molecule has 524 valence electrons. The number of aromatic nitrogens is 12. The van der Waals surface area contributed by atoms with Crippen LogP contribution in [0.2, 0.25) is 20.1 Å². The lowest BCUT2D eigenvalue weighted by molar-refractivity contribution is -0.235. The summed E-state index contributed by atoms with van der Waals surface area (Å²) in [6.07, 6.45) is -9.63.